The van der Waals surface area contributed by atoms with Crippen molar-refractivity contribution in [2.45, 2.75) is 32.6 Å². The molecule has 2 heteroatoms. The number of para-hydroxylation sites is 1. The fourth-order valence-electron chi connectivity index (χ4n) is 2.21. The van der Waals surface area contributed by atoms with Gasteiger partial charge in [0.25, 0.3) is 0 Å². The van der Waals surface area contributed by atoms with Gasteiger partial charge in [0.05, 0.1) is 12.3 Å². The largest absolute Gasteiger partial charge is 0.491 e. The highest BCUT2D eigenvalue weighted by molar-refractivity contribution is 5.63. The lowest BCUT2D eigenvalue weighted by molar-refractivity contribution is 0.248. The monoisotopic (exact) mass is 217 g/mol. The van der Waals surface area contributed by atoms with Gasteiger partial charge < -0.3 is 10.1 Å². The highest BCUT2D eigenvalue weighted by atomic mass is 16.5. The minimum absolute atomic E-state index is 0.456. The van der Waals surface area contributed by atoms with Crippen LogP contribution in [0, 0.1) is 5.41 Å². The van der Waals surface area contributed by atoms with Crippen LogP contribution in [0.2, 0.25) is 0 Å². The summed E-state index contributed by atoms with van der Waals surface area (Å²) < 4.78 is 5.97. The van der Waals surface area contributed by atoms with E-state index < -0.39 is 0 Å². The zero-order chi connectivity index (χ0) is 11.0. The number of fused-ring (bicyclic) bond motifs is 1. The van der Waals surface area contributed by atoms with Crippen LogP contribution in [0.15, 0.2) is 18.2 Å². The highest BCUT2D eigenvalue weighted by Crippen LogP contribution is 2.45. The molecule has 1 N–H and O–H groups in total. The Kier molecular flexibility index (Phi) is 2.31. The number of benzene rings is 1. The molecule has 0 aromatic heterocycles. The fourth-order valence-corrected chi connectivity index (χ4v) is 2.21. The molecule has 86 valence electrons. The number of rotatable bonds is 3. The zero-order valence-electron chi connectivity index (χ0n) is 9.88. The Morgan fingerprint density at radius 2 is 2.25 bits per heavy atom. The molecule has 0 spiro atoms. The van der Waals surface area contributed by atoms with Gasteiger partial charge in [-0.2, -0.15) is 0 Å². The van der Waals surface area contributed by atoms with Gasteiger partial charge in [0, 0.05) is 12.0 Å². The average Bonchev–Trinajstić information content (AvgIpc) is 3.05. The summed E-state index contributed by atoms with van der Waals surface area (Å²) in [6.45, 7) is 4.24. The van der Waals surface area contributed by atoms with Crippen LogP contribution in [0.5, 0.6) is 5.75 Å². The molecule has 1 aromatic carbocycles. The first-order valence-electron chi connectivity index (χ1n) is 6.25. The lowest BCUT2D eigenvalue weighted by atomic mass is 10.0. The Hall–Kier alpha value is -1.18. The van der Waals surface area contributed by atoms with E-state index in [-0.39, 0.29) is 0 Å². The topological polar surface area (TPSA) is 21.3 Å². The molecule has 1 saturated carbocycles. The molecule has 0 atom stereocenters. The summed E-state index contributed by atoms with van der Waals surface area (Å²) in [5.74, 6) is 1.05. The van der Waals surface area contributed by atoms with Gasteiger partial charge in [0.15, 0.2) is 0 Å². The number of aryl methyl sites for hydroxylation is 1. The second kappa shape index (κ2) is 3.69. The normalized spacial score (nSPS) is 20.8. The molecule has 16 heavy (non-hydrogen) atoms. The Morgan fingerprint density at radius 1 is 1.38 bits per heavy atom. The van der Waals surface area contributed by atoms with Crippen LogP contribution in [0.25, 0.3) is 0 Å². The molecule has 1 fully saturated rings. The van der Waals surface area contributed by atoms with Gasteiger partial charge in [0.1, 0.15) is 5.75 Å². The first kappa shape index (κ1) is 10.0. The van der Waals surface area contributed by atoms with Crippen LogP contribution < -0.4 is 10.1 Å². The van der Waals surface area contributed by atoms with Crippen LogP contribution >= 0.6 is 0 Å². The van der Waals surface area contributed by atoms with Crippen molar-refractivity contribution < 1.29 is 4.74 Å². The Labute approximate surface area is 97.0 Å². The van der Waals surface area contributed by atoms with E-state index in [4.69, 9.17) is 4.74 Å². The molecule has 0 saturated heterocycles. The summed E-state index contributed by atoms with van der Waals surface area (Å²) in [6.07, 6.45) is 5.04. The minimum atomic E-state index is 0.456. The SMILES string of the molecule is CC1(COc2cccc3c2NCCC3)CC1. The van der Waals surface area contributed by atoms with Crippen LogP contribution in [0.4, 0.5) is 5.69 Å². The maximum atomic E-state index is 5.97. The molecule has 3 rings (SSSR count). The van der Waals surface area contributed by atoms with Gasteiger partial charge >= 0.3 is 0 Å². The molecular weight excluding hydrogens is 198 g/mol. The molecule has 1 aromatic rings. The van der Waals surface area contributed by atoms with E-state index >= 15 is 0 Å². The van der Waals surface area contributed by atoms with Crippen LogP contribution in [0.3, 0.4) is 0 Å². The minimum Gasteiger partial charge on any atom is -0.491 e. The summed E-state index contributed by atoms with van der Waals surface area (Å²) >= 11 is 0. The molecule has 1 aliphatic heterocycles. The van der Waals surface area contributed by atoms with E-state index in [0.29, 0.717) is 5.41 Å². The summed E-state index contributed by atoms with van der Waals surface area (Å²) in [5, 5.41) is 3.46. The van der Waals surface area contributed by atoms with E-state index in [0.717, 1.165) is 18.9 Å². The van der Waals surface area contributed by atoms with E-state index in [1.54, 1.807) is 0 Å². The van der Waals surface area contributed by atoms with Crippen molar-refractivity contribution >= 4 is 5.69 Å². The maximum Gasteiger partial charge on any atom is 0.142 e. The van der Waals surface area contributed by atoms with Crippen molar-refractivity contribution in [3.8, 4) is 5.75 Å². The van der Waals surface area contributed by atoms with Crippen LogP contribution in [0.1, 0.15) is 31.7 Å². The van der Waals surface area contributed by atoms with Gasteiger partial charge in [-0.15, -0.1) is 0 Å². The third-order valence-electron chi connectivity index (χ3n) is 3.72. The van der Waals surface area contributed by atoms with Gasteiger partial charge in [-0.25, -0.2) is 0 Å². The van der Waals surface area contributed by atoms with Crippen molar-refractivity contribution in [3.05, 3.63) is 23.8 Å². The van der Waals surface area contributed by atoms with Crippen molar-refractivity contribution in [1.82, 2.24) is 0 Å². The summed E-state index contributed by atoms with van der Waals surface area (Å²) in [5.41, 5.74) is 3.10. The molecule has 0 unspecified atom stereocenters. The van der Waals surface area contributed by atoms with E-state index in [1.165, 1.54) is 36.9 Å². The number of nitrogens with one attached hydrogen (secondary N) is 1. The lowest BCUT2D eigenvalue weighted by Crippen LogP contribution is -2.15. The molecule has 1 aliphatic carbocycles. The fraction of sp³-hybridized carbons (Fsp3) is 0.571. The first-order valence-corrected chi connectivity index (χ1v) is 6.25. The number of anilines is 1. The molecule has 0 radical (unpaired) electrons. The molecule has 0 amide bonds. The van der Waals surface area contributed by atoms with Crippen molar-refractivity contribution in [2.75, 3.05) is 18.5 Å². The predicted molar refractivity (Wildman–Crippen MR) is 66.1 cm³/mol. The third-order valence-corrected chi connectivity index (χ3v) is 3.72. The molecule has 1 heterocycles. The average molecular weight is 217 g/mol. The maximum absolute atomic E-state index is 5.97. The van der Waals surface area contributed by atoms with Crippen molar-refractivity contribution in [3.63, 3.8) is 0 Å². The lowest BCUT2D eigenvalue weighted by Gasteiger charge is -2.22. The highest BCUT2D eigenvalue weighted by Gasteiger charge is 2.38. The Bertz CT molecular complexity index is 396. The van der Waals surface area contributed by atoms with Crippen molar-refractivity contribution in [2.24, 2.45) is 5.41 Å². The second-order valence-corrected chi connectivity index (χ2v) is 5.42. The van der Waals surface area contributed by atoms with E-state index in [9.17, 15) is 0 Å². The predicted octanol–water partition coefficient (Wildman–Crippen LogP) is 3.22. The smallest absolute Gasteiger partial charge is 0.142 e. The molecular formula is C14H19NO. The first-order chi connectivity index (χ1) is 7.77. The molecule has 0 bridgehead atoms. The second-order valence-electron chi connectivity index (χ2n) is 5.42. The standard InChI is InChI=1S/C14H19NO/c1-14(7-8-14)10-16-12-6-2-4-11-5-3-9-15-13(11)12/h2,4,6,15H,3,5,7-10H2,1H3. The van der Waals surface area contributed by atoms with E-state index in [1.807, 2.05) is 0 Å². The van der Waals surface area contributed by atoms with Gasteiger partial charge in [-0.1, -0.05) is 19.1 Å². The number of hydrogen-bond acceptors (Lipinski definition) is 2. The summed E-state index contributed by atoms with van der Waals surface area (Å²) in [4.78, 5) is 0. The summed E-state index contributed by atoms with van der Waals surface area (Å²) in [7, 11) is 0. The van der Waals surface area contributed by atoms with E-state index in [2.05, 4.69) is 30.4 Å². The Morgan fingerprint density at radius 3 is 3.06 bits per heavy atom. The zero-order valence-corrected chi connectivity index (χ0v) is 9.88. The van der Waals surface area contributed by atoms with Gasteiger partial charge in [0.2, 0.25) is 0 Å². The van der Waals surface area contributed by atoms with Gasteiger partial charge in [-0.05, 0) is 37.3 Å². The summed E-state index contributed by atoms with van der Waals surface area (Å²) in [6, 6.07) is 6.40. The number of ether oxygens (including phenoxy) is 1. The molecule has 2 aliphatic rings. The van der Waals surface area contributed by atoms with Crippen molar-refractivity contribution in [1.29, 1.82) is 0 Å². The number of hydrogen-bond donors (Lipinski definition) is 1. The molecule has 2 nitrogen and oxygen atoms in total. The Balaban J connectivity index is 1.78. The quantitative estimate of drug-likeness (QED) is 0.839. The van der Waals surface area contributed by atoms with Crippen LogP contribution in [-0.2, 0) is 6.42 Å². The third kappa shape index (κ3) is 1.89. The van der Waals surface area contributed by atoms with Gasteiger partial charge in [-0.3, -0.25) is 0 Å². The van der Waals surface area contributed by atoms with Crippen LogP contribution in [-0.4, -0.2) is 13.2 Å².